The molecule has 1 amide bonds. The topological polar surface area (TPSA) is 29.5 Å². The van der Waals surface area contributed by atoms with Crippen LogP contribution in [-0.4, -0.2) is 30.0 Å². The number of likely N-dealkylation sites (tertiary alicyclic amines) is 1. The van der Waals surface area contributed by atoms with Crippen molar-refractivity contribution in [1.29, 1.82) is 0 Å². The van der Waals surface area contributed by atoms with Crippen molar-refractivity contribution < 1.29 is 31.5 Å². The van der Waals surface area contributed by atoms with Gasteiger partial charge in [-0.1, -0.05) is 18.2 Å². The van der Waals surface area contributed by atoms with Crippen LogP contribution in [0.25, 0.3) is 0 Å². The van der Waals surface area contributed by atoms with Gasteiger partial charge in [0.2, 0.25) is 5.91 Å². The molecule has 2 unspecified atom stereocenters. The summed E-state index contributed by atoms with van der Waals surface area (Å²) in [6.07, 6.45) is -3.41. The summed E-state index contributed by atoms with van der Waals surface area (Å²) in [4.78, 5) is 14.4. The van der Waals surface area contributed by atoms with Gasteiger partial charge in [-0.05, 0) is 36.1 Å². The van der Waals surface area contributed by atoms with Crippen LogP contribution in [0, 0.1) is 17.6 Å². The van der Waals surface area contributed by atoms with E-state index in [-0.39, 0.29) is 23.3 Å². The predicted molar refractivity (Wildman–Crippen MR) is 98.9 cm³/mol. The highest BCUT2D eigenvalue weighted by atomic mass is 19.4. The Labute approximate surface area is 170 Å². The fourth-order valence-corrected chi connectivity index (χ4v) is 4.07. The number of carbonyl (C=O) groups is 1. The first-order valence-corrected chi connectivity index (χ1v) is 9.80. The maximum Gasteiger partial charge on any atom is 0.416 e. The maximum atomic E-state index is 13.7. The standard InChI is InChI=1S/C22H20F5NO2/c23-13-5-6-20(19(24)11-13)30-14-7-9-28(10-8-14)21(29)17-12-16(17)15-3-1-2-4-18(15)22(25,26)27/h1-6,11,14,16-17H,7-10,12H2. The Hall–Kier alpha value is -2.64. The highest BCUT2D eigenvalue weighted by Gasteiger charge is 2.49. The zero-order valence-electron chi connectivity index (χ0n) is 16.0. The molecular formula is C22H20F5NO2. The number of carbonyl (C=O) groups excluding carboxylic acids is 1. The van der Waals surface area contributed by atoms with Crippen LogP contribution in [0.3, 0.4) is 0 Å². The van der Waals surface area contributed by atoms with Gasteiger partial charge in [-0.15, -0.1) is 0 Å². The second-order valence-corrected chi connectivity index (χ2v) is 7.75. The molecule has 1 aliphatic carbocycles. The average Bonchev–Trinajstić information content (AvgIpc) is 3.50. The van der Waals surface area contributed by atoms with Crippen LogP contribution in [0.1, 0.15) is 36.3 Å². The summed E-state index contributed by atoms with van der Waals surface area (Å²) < 4.78 is 72.0. The lowest BCUT2D eigenvalue weighted by atomic mass is 10.0. The molecule has 0 spiro atoms. The van der Waals surface area contributed by atoms with Gasteiger partial charge in [0.05, 0.1) is 5.56 Å². The summed E-state index contributed by atoms with van der Waals surface area (Å²) in [5.41, 5.74) is -0.507. The molecule has 30 heavy (non-hydrogen) atoms. The van der Waals surface area contributed by atoms with Crippen LogP contribution < -0.4 is 4.74 Å². The molecule has 0 bridgehead atoms. The van der Waals surface area contributed by atoms with Crippen molar-refractivity contribution in [3.8, 4) is 5.75 Å². The third kappa shape index (κ3) is 4.27. The molecule has 0 aromatic heterocycles. The van der Waals surface area contributed by atoms with Crippen molar-refractivity contribution in [3.63, 3.8) is 0 Å². The molecule has 2 aromatic rings. The van der Waals surface area contributed by atoms with Crippen molar-refractivity contribution in [2.75, 3.05) is 13.1 Å². The number of hydrogen-bond acceptors (Lipinski definition) is 2. The van der Waals surface area contributed by atoms with E-state index in [9.17, 15) is 26.7 Å². The van der Waals surface area contributed by atoms with Gasteiger partial charge in [0.25, 0.3) is 0 Å². The number of rotatable bonds is 4. The minimum Gasteiger partial charge on any atom is -0.487 e. The number of hydrogen-bond donors (Lipinski definition) is 0. The smallest absolute Gasteiger partial charge is 0.416 e. The molecule has 1 heterocycles. The Morgan fingerprint density at radius 3 is 2.40 bits per heavy atom. The molecule has 2 aromatic carbocycles. The molecule has 1 aliphatic heterocycles. The van der Waals surface area contributed by atoms with Gasteiger partial charge in [-0.3, -0.25) is 4.79 Å². The fourth-order valence-electron chi connectivity index (χ4n) is 4.07. The molecule has 2 aliphatic rings. The van der Waals surface area contributed by atoms with Crippen molar-refractivity contribution in [2.45, 2.75) is 37.5 Å². The molecule has 3 nitrogen and oxygen atoms in total. The van der Waals surface area contributed by atoms with Gasteiger partial charge in [-0.2, -0.15) is 13.2 Å². The predicted octanol–water partition coefficient (Wildman–Crippen LogP) is 5.16. The van der Waals surface area contributed by atoms with E-state index in [2.05, 4.69) is 0 Å². The summed E-state index contributed by atoms with van der Waals surface area (Å²) in [6, 6.07) is 8.49. The lowest BCUT2D eigenvalue weighted by Gasteiger charge is -2.32. The number of benzene rings is 2. The third-order valence-corrected chi connectivity index (χ3v) is 5.71. The van der Waals surface area contributed by atoms with Crippen LogP contribution in [0.15, 0.2) is 42.5 Å². The molecule has 0 radical (unpaired) electrons. The van der Waals surface area contributed by atoms with Crippen LogP contribution >= 0.6 is 0 Å². The normalized spacial score (nSPS) is 22.1. The second kappa shape index (κ2) is 7.89. The molecule has 8 heteroatoms. The second-order valence-electron chi connectivity index (χ2n) is 7.75. The zero-order chi connectivity index (χ0) is 21.5. The van der Waals surface area contributed by atoms with E-state index in [1.807, 2.05) is 0 Å². The number of alkyl halides is 3. The lowest BCUT2D eigenvalue weighted by molar-refractivity contribution is -0.139. The van der Waals surface area contributed by atoms with Crippen molar-refractivity contribution in [3.05, 3.63) is 65.2 Å². The summed E-state index contributed by atoms with van der Waals surface area (Å²) in [5.74, 6) is -2.52. The van der Waals surface area contributed by atoms with E-state index >= 15 is 0 Å². The summed E-state index contributed by atoms with van der Waals surface area (Å²) in [7, 11) is 0. The number of nitrogens with zero attached hydrogens (tertiary/aromatic N) is 1. The fraction of sp³-hybridized carbons (Fsp3) is 0.409. The van der Waals surface area contributed by atoms with E-state index in [0.29, 0.717) is 32.4 Å². The van der Waals surface area contributed by atoms with Crippen molar-refractivity contribution in [1.82, 2.24) is 4.90 Å². The lowest BCUT2D eigenvalue weighted by Crippen LogP contribution is -2.42. The Morgan fingerprint density at radius 2 is 1.73 bits per heavy atom. The summed E-state index contributed by atoms with van der Waals surface area (Å²) in [6.45, 7) is 0.771. The monoisotopic (exact) mass is 425 g/mol. The molecular weight excluding hydrogens is 405 g/mol. The van der Waals surface area contributed by atoms with Crippen molar-refractivity contribution >= 4 is 5.91 Å². The number of halogens is 5. The van der Waals surface area contributed by atoms with Crippen molar-refractivity contribution in [2.24, 2.45) is 5.92 Å². The SMILES string of the molecule is O=C(C1CC1c1ccccc1C(F)(F)F)N1CCC(Oc2ccc(F)cc2F)CC1. The van der Waals surface area contributed by atoms with Gasteiger partial charge >= 0.3 is 6.18 Å². The Balaban J connectivity index is 1.34. The maximum absolute atomic E-state index is 13.7. The molecule has 1 saturated heterocycles. The molecule has 2 fully saturated rings. The number of amides is 1. The molecule has 4 rings (SSSR count). The molecule has 160 valence electrons. The third-order valence-electron chi connectivity index (χ3n) is 5.71. The van der Waals surface area contributed by atoms with Crippen LogP contribution in [0.4, 0.5) is 22.0 Å². The first-order chi connectivity index (χ1) is 14.2. The Kier molecular flexibility index (Phi) is 5.42. The first-order valence-electron chi connectivity index (χ1n) is 9.80. The van der Waals surface area contributed by atoms with Gasteiger partial charge in [-0.25, -0.2) is 8.78 Å². The number of piperidine rings is 1. The summed E-state index contributed by atoms with van der Waals surface area (Å²) in [5, 5.41) is 0. The van der Waals surface area contributed by atoms with E-state index < -0.39 is 35.2 Å². The van der Waals surface area contributed by atoms with Gasteiger partial charge in [0.1, 0.15) is 11.9 Å². The summed E-state index contributed by atoms with van der Waals surface area (Å²) >= 11 is 0. The Bertz CT molecular complexity index is 937. The quantitative estimate of drug-likeness (QED) is 0.634. The minimum absolute atomic E-state index is 0.0350. The van der Waals surface area contributed by atoms with E-state index in [1.165, 1.54) is 18.2 Å². The van der Waals surface area contributed by atoms with E-state index in [1.54, 1.807) is 11.0 Å². The molecule has 0 N–H and O–H groups in total. The average molecular weight is 425 g/mol. The Morgan fingerprint density at radius 1 is 1.03 bits per heavy atom. The van der Waals surface area contributed by atoms with Crippen LogP contribution in [-0.2, 0) is 11.0 Å². The van der Waals surface area contributed by atoms with Crippen LogP contribution in [0.2, 0.25) is 0 Å². The van der Waals surface area contributed by atoms with Gasteiger partial charge in [0, 0.05) is 37.9 Å². The highest BCUT2D eigenvalue weighted by Crippen LogP contribution is 2.51. The minimum atomic E-state index is -4.45. The zero-order valence-corrected chi connectivity index (χ0v) is 16.0. The largest absolute Gasteiger partial charge is 0.487 e. The van der Waals surface area contributed by atoms with E-state index in [4.69, 9.17) is 4.74 Å². The highest BCUT2D eigenvalue weighted by molar-refractivity contribution is 5.83. The van der Waals surface area contributed by atoms with E-state index in [0.717, 1.165) is 18.2 Å². The number of ether oxygens (including phenoxy) is 1. The molecule has 1 saturated carbocycles. The van der Waals surface area contributed by atoms with Gasteiger partial charge in [0.15, 0.2) is 11.6 Å². The van der Waals surface area contributed by atoms with Crippen LogP contribution in [0.5, 0.6) is 5.75 Å². The molecule has 2 atom stereocenters. The first kappa shape index (κ1) is 20.6. The van der Waals surface area contributed by atoms with Gasteiger partial charge < -0.3 is 9.64 Å².